The fourth-order valence-electron chi connectivity index (χ4n) is 1.64. The van der Waals surface area contributed by atoms with Crippen LogP contribution in [0.2, 0.25) is 0 Å². The fraction of sp³-hybridized carbons (Fsp3) is 0.471. The number of ether oxygens (including phenoxy) is 1. The van der Waals surface area contributed by atoms with Crippen LogP contribution in [0, 0.1) is 5.92 Å². The standard InChI is InChI=1S/C11H20O3.C6H5NO2/c1-9(2)5-4-6-10(3)7-8-14-11(12)13;8-6(9)5-2-1-3-7-4-5/h5,10H,4,6-8H2,1-3H3,(H,12,13);1-4H,(H,8,9). The Morgan fingerprint density at radius 3 is 2.43 bits per heavy atom. The number of hydrogen-bond acceptors (Lipinski definition) is 4. The second-order valence-corrected chi connectivity index (χ2v) is 5.41. The average Bonchev–Trinajstić information content (AvgIpc) is 2.48. The second kappa shape index (κ2) is 12.2. The molecule has 0 aliphatic carbocycles. The number of aromatic carboxylic acids is 1. The molecule has 0 aliphatic rings. The lowest BCUT2D eigenvalue weighted by atomic mass is 10.0. The van der Waals surface area contributed by atoms with Gasteiger partial charge in [-0.05, 0) is 51.2 Å². The van der Waals surface area contributed by atoms with Gasteiger partial charge in [0.25, 0.3) is 0 Å². The van der Waals surface area contributed by atoms with E-state index in [1.165, 1.54) is 24.0 Å². The molecule has 1 unspecified atom stereocenters. The molecule has 0 amide bonds. The highest BCUT2D eigenvalue weighted by atomic mass is 16.7. The summed E-state index contributed by atoms with van der Waals surface area (Å²) >= 11 is 0. The van der Waals surface area contributed by atoms with Gasteiger partial charge in [-0.2, -0.15) is 0 Å². The summed E-state index contributed by atoms with van der Waals surface area (Å²) < 4.78 is 4.44. The van der Waals surface area contributed by atoms with Crippen LogP contribution in [-0.2, 0) is 4.74 Å². The molecule has 23 heavy (non-hydrogen) atoms. The van der Waals surface area contributed by atoms with E-state index in [9.17, 15) is 9.59 Å². The number of carboxylic acid groups (broad SMARTS) is 2. The molecular weight excluding hydrogens is 298 g/mol. The molecule has 0 saturated heterocycles. The van der Waals surface area contributed by atoms with Gasteiger partial charge in [0, 0.05) is 12.4 Å². The highest BCUT2D eigenvalue weighted by Crippen LogP contribution is 2.11. The summed E-state index contributed by atoms with van der Waals surface area (Å²) in [4.78, 5) is 23.8. The Morgan fingerprint density at radius 1 is 1.30 bits per heavy atom. The first-order chi connectivity index (χ1) is 10.8. The largest absolute Gasteiger partial charge is 0.505 e. The summed E-state index contributed by atoms with van der Waals surface area (Å²) in [6.07, 6.45) is 6.83. The molecular formula is C17H25NO5. The number of carboxylic acids is 1. The smallest absolute Gasteiger partial charge is 0.478 e. The van der Waals surface area contributed by atoms with Gasteiger partial charge in [-0.15, -0.1) is 0 Å². The summed E-state index contributed by atoms with van der Waals surface area (Å²) in [6.45, 7) is 6.59. The minimum absolute atomic E-state index is 0.220. The van der Waals surface area contributed by atoms with E-state index >= 15 is 0 Å². The van der Waals surface area contributed by atoms with Crippen molar-refractivity contribution in [3.05, 3.63) is 41.7 Å². The summed E-state index contributed by atoms with van der Waals surface area (Å²) in [5.41, 5.74) is 1.55. The van der Waals surface area contributed by atoms with Gasteiger partial charge in [-0.3, -0.25) is 4.98 Å². The quantitative estimate of drug-likeness (QED) is 0.575. The summed E-state index contributed by atoms with van der Waals surface area (Å²) in [7, 11) is 0. The van der Waals surface area contributed by atoms with Crippen LogP contribution in [0.3, 0.4) is 0 Å². The van der Waals surface area contributed by atoms with Gasteiger partial charge in [0.1, 0.15) is 0 Å². The Balaban J connectivity index is 0.000000459. The van der Waals surface area contributed by atoms with Crippen molar-refractivity contribution < 1.29 is 24.5 Å². The number of aromatic nitrogens is 1. The van der Waals surface area contributed by atoms with Crippen LogP contribution in [-0.4, -0.2) is 33.9 Å². The van der Waals surface area contributed by atoms with Crippen molar-refractivity contribution in [2.75, 3.05) is 6.61 Å². The molecule has 6 heteroatoms. The highest BCUT2D eigenvalue weighted by Gasteiger charge is 2.03. The molecule has 0 fully saturated rings. The van der Waals surface area contributed by atoms with E-state index in [0.29, 0.717) is 12.5 Å². The van der Waals surface area contributed by atoms with Gasteiger partial charge >= 0.3 is 12.1 Å². The van der Waals surface area contributed by atoms with E-state index in [1.807, 2.05) is 0 Å². The number of rotatable bonds is 7. The van der Waals surface area contributed by atoms with E-state index in [2.05, 4.69) is 36.6 Å². The predicted molar refractivity (Wildman–Crippen MR) is 87.6 cm³/mol. The van der Waals surface area contributed by atoms with Crippen molar-refractivity contribution in [1.29, 1.82) is 0 Å². The third kappa shape index (κ3) is 13.0. The van der Waals surface area contributed by atoms with Crippen LogP contribution in [0.4, 0.5) is 4.79 Å². The first-order valence-electron chi connectivity index (χ1n) is 7.45. The Bertz CT molecular complexity index is 495. The first-order valence-corrected chi connectivity index (χ1v) is 7.45. The number of pyridine rings is 1. The van der Waals surface area contributed by atoms with Crippen molar-refractivity contribution in [2.24, 2.45) is 5.92 Å². The normalized spacial score (nSPS) is 10.7. The third-order valence-corrected chi connectivity index (χ3v) is 2.96. The van der Waals surface area contributed by atoms with Crippen LogP contribution in [0.5, 0.6) is 0 Å². The molecule has 1 rings (SSSR count). The van der Waals surface area contributed by atoms with Crippen LogP contribution >= 0.6 is 0 Å². The molecule has 2 N–H and O–H groups in total. The van der Waals surface area contributed by atoms with E-state index in [0.717, 1.165) is 19.3 Å². The van der Waals surface area contributed by atoms with Crippen LogP contribution in [0.25, 0.3) is 0 Å². The summed E-state index contributed by atoms with van der Waals surface area (Å²) in [5, 5.41) is 16.6. The predicted octanol–water partition coefficient (Wildman–Crippen LogP) is 4.23. The number of nitrogens with zero attached hydrogens (tertiary/aromatic N) is 1. The Kier molecular flexibility index (Phi) is 10.9. The van der Waals surface area contributed by atoms with Crippen LogP contribution in [0.15, 0.2) is 36.2 Å². The minimum atomic E-state index is -1.18. The van der Waals surface area contributed by atoms with E-state index < -0.39 is 12.1 Å². The SMILES string of the molecule is CC(C)=CCCC(C)CCOC(=O)O.O=C(O)c1cccnc1. The van der Waals surface area contributed by atoms with Crippen LogP contribution in [0.1, 0.15) is 50.4 Å². The molecule has 0 radical (unpaired) electrons. The first kappa shape index (κ1) is 20.6. The molecule has 6 nitrogen and oxygen atoms in total. The maximum Gasteiger partial charge on any atom is 0.505 e. The van der Waals surface area contributed by atoms with E-state index in [1.54, 1.807) is 6.07 Å². The summed E-state index contributed by atoms with van der Waals surface area (Å²) in [5.74, 6) is -0.423. The van der Waals surface area contributed by atoms with Crippen LogP contribution < -0.4 is 0 Å². The zero-order valence-electron chi connectivity index (χ0n) is 13.9. The monoisotopic (exact) mass is 323 g/mol. The van der Waals surface area contributed by atoms with Crippen molar-refractivity contribution in [1.82, 2.24) is 4.98 Å². The zero-order chi connectivity index (χ0) is 17.7. The molecule has 0 saturated carbocycles. The van der Waals surface area contributed by atoms with E-state index in [-0.39, 0.29) is 5.56 Å². The Labute approximate surface area is 136 Å². The fourth-order valence-corrected chi connectivity index (χ4v) is 1.64. The topological polar surface area (TPSA) is 96.7 Å². The molecule has 0 aromatic carbocycles. The maximum absolute atomic E-state index is 10.2. The van der Waals surface area contributed by atoms with Gasteiger partial charge < -0.3 is 14.9 Å². The maximum atomic E-state index is 10.2. The summed E-state index contributed by atoms with van der Waals surface area (Å²) in [6, 6.07) is 3.08. The van der Waals surface area contributed by atoms with Gasteiger partial charge in [-0.25, -0.2) is 9.59 Å². The number of allylic oxidation sites excluding steroid dienone is 2. The third-order valence-electron chi connectivity index (χ3n) is 2.96. The molecule has 1 atom stereocenters. The van der Waals surface area contributed by atoms with Gasteiger partial charge in [0.05, 0.1) is 12.2 Å². The lowest BCUT2D eigenvalue weighted by Crippen LogP contribution is -2.05. The zero-order valence-corrected chi connectivity index (χ0v) is 13.9. The van der Waals surface area contributed by atoms with Crippen molar-refractivity contribution >= 4 is 12.1 Å². The molecule has 0 aliphatic heterocycles. The molecule has 1 aromatic heterocycles. The lowest BCUT2D eigenvalue weighted by molar-refractivity contribution is 0.0695. The average molecular weight is 323 g/mol. The minimum Gasteiger partial charge on any atom is -0.478 e. The van der Waals surface area contributed by atoms with E-state index in [4.69, 9.17) is 10.2 Å². The number of hydrogen-bond donors (Lipinski definition) is 2. The molecule has 0 bridgehead atoms. The van der Waals surface area contributed by atoms with Gasteiger partial charge in [0.2, 0.25) is 0 Å². The molecule has 1 aromatic rings. The highest BCUT2D eigenvalue weighted by molar-refractivity contribution is 5.86. The Hall–Kier alpha value is -2.37. The lowest BCUT2D eigenvalue weighted by Gasteiger charge is -2.08. The molecule has 1 heterocycles. The molecule has 0 spiro atoms. The second-order valence-electron chi connectivity index (χ2n) is 5.41. The van der Waals surface area contributed by atoms with Crippen molar-refractivity contribution in [3.63, 3.8) is 0 Å². The molecule has 128 valence electrons. The van der Waals surface area contributed by atoms with Crippen molar-refractivity contribution in [3.8, 4) is 0 Å². The van der Waals surface area contributed by atoms with Crippen molar-refractivity contribution in [2.45, 2.75) is 40.0 Å². The van der Waals surface area contributed by atoms with Gasteiger partial charge in [0.15, 0.2) is 0 Å². The number of carbonyl (C=O) groups is 2. The Morgan fingerprint density at radius 2 is 2.00 bits per heavy atom. The van der Waals surface area contributed by atoms with Gasteiger partial charge in [-0.1, -0.05) is 18.6 Å².